The smallest absolute Gasteiger partial charge is 0.253 e. The summed E-state index contributed by atoms with van der Waals surface area (Å²) >= 11 is 0. The minimum Gasteiger partial charge on any atom is -0.370 e. The van der Waals surface area contributed by atoms with Crippen LogP contribution in [0.1, 0.15) is 19.3 Å². The van der Waals surface area contributed by atoms with E-state index in [4.69, 9.17) is 10.5 Å². The van der Waals surface area contributed by atoms with Gasteiger partial charge in [-0.05, 0) is 31.0 Å². The number of anilines is 2. The second-order valence-electron chi connectivity index (χ2n) is 6.68. The van der Waals surface area contributed by atoms with E-state index in [1.807, 2.05) is 0 Å². The third-order valence-corrected chi connectivity index (χ3v) is 4.84. The Balaban J connectivity index is 1.63. The van der Waals surface area contributed by atoms with Crippen LogP contribution in [0.5, 0.6) is 0 Å². The van der Waals surface area contributed by atoms with Crippen molar-refractivity contribution >= 4 is 29.1 Å². The van der Waals surface area contributed by atoms with E-state index < -0.39 is 17.8 Å². The van der Waals surface area contributed by atoms with Gasteiger partial charge >= 0.3 is 0 Å². The molecule has 1 aromatic rings. The number of nitrogens with one attached hydrogen (secondary N) is 2. The summed E-state index contributed by atoms with van der Waals surface area (Å²) < 4.78 is 19.5. The van der Waals surface area contributed by atoms with Crippen LogP contribution in [0.25, 0.3) is 0 Å². The van der Waals surface area contributed by atoms with E-state index in [9.17, 15) is 18.8 Å². The molecular formula is C18H23FN4O4. The third-order valence-electron chi connectivity index (χ3n) is 4.84. The van der Waals surface area contributed by atoms with Crippen LogP contribution in [0.2, 0.25) is 0 Å². The number of carbonyl (C=O) groups excluding carboxylic acids is 3. The maximum atomic E-state index is 14.4. The lowest BCUT2D eigenvalue weighted by atomic mass is 9.84. The number of ether oxygens (including phenoxy) is 1. The van der Waals surface area contributed by atoms with Gasteiger partial charge in [0.25, 0.3) is 5.91 Å². The number of hydrogen-bond acceptors (Lipinski definition) is 5. The van der Waals surface area contributed by atoms with Crippen molar-refractivity contribution in [2.75, 3.05) is 36.5 Å². The molecule has 2 aliphatic rings. The second kappa shape index (κ2) is 8.45. The molecule has 1 saturated heterocycles. The highest BCUT2D eigenvalue weighted by Crippen LogP contribution is 2.26. The van der Waals surface area contributed by atoms with Gasteiger partial charge in [-0.3, -0.25) is 14.4 Å². The first-order chi connectivity index (χ1) is 13.0. The van der Waals surface area contributed by atoms with Gasteiger partial charge in [-0.1, -0.05) is 6.42 Å². The minimum absolute atomic E-state index is 0.0605. The van der Waals surface area contributed by atoms with Crippen LogP contribution < -0.4 is 21.3 Å². The van der Waals surface area contributed by atoms with Crippen molar-refractivity contribution < 1.29 is 23.5 Å². The largest absolute Gasteiger partial charge is 0.370 e. The molecule has 1 saturated carbocycles. The van der Waals surface area contributed by atoms with E-state index in [0.29, 0.717) is 6.61 Å². The minimum atomic E-state index is -0.887. The molecule has 1 heterocycles. The molecule has 3 rings (SSSR count). The second-order valence-corrected chi connectivity index (χ2v) is 6.68. The summed E-state index contributed by atoms with van der Waals surface area (Å²) in [5.74, 6) is -1.71. The molecule has 0 bridgehead atoms. The summed E-state index contributed by atoms with van der Waals surface area (Å²) in [4.78, 5) is 37.5. The fourth-order valence-corrected chi connectivity index (χ4v) is 3.00. The molecule has 4 N–H and O–H groups in total. The average Bonchev–Trinajstić information content (AvgIpc) is 2.59. The van der Waals surface area contributed by atoms with Gasteiger partial charge in [-0.15, -0.1) is 0 Å². The zero-order valence-electron chi connectivity index (χ0n) is 14.9. The quantitative estimate of drug-likeness (QED) is 0.662. The van der Waals surface area contributed by atoms with Crippen molar-refractivity contribution in [3.63, 3.8) is 0 Å². The molecule has 3 amide bonds. The van der Waals surface area contributed by atoms with Crippen molar-refractivity contribution in [3.8, 4) is 0 Å². The van der Waals surface area contributed by atoms with Crippen LogP contribution in [0.4, 0.5) is 15.8 Å². The predicted octanol–water partition coefficient (Wildman–Crippen LogP) is 0.371. The lowest BCUT2D eigenvalue weighted by Crippen LogP contribution is -2.50. The molecule has 1 aromatic carbocycles. The maximum absolute atomic E-state index is 14.4. The summed E-state index contributed by atoms with van der Waals surface area (Å²) in [6.45, 7) is 0.455. The number of carbonyl (C=O) groups is 3. The van der Waals surface area contributed by atoms with Crippen LogP contribution >= 0.6 is 0 Å². The van der Waals surface area contributed by atoms with Gasteiger partial charge in [0, 0.05) is 24.7 Å². The Labute approximate surface area is 156 Å². The molecule has 8 nitrogen and oxygen atoms in total. The number of morpholine rings is 1. The van der Waals surface area contributed by atoms with Gasteiger partial charge in [-0.25, -0.2) is 4.39 Å². The van der Waals surface area contributed by atoms with E-state index in [1.54, 1.807) is 0 Å². The Morgan fingerprint density at radius 1 is 1.37 bits per heavy atom. The van der Waals surface area contributed by atoms with Crippen LogP contribution in [-0.4, -0.2) is 50.1 Å². The lowest BCUT2D eigenvalue weighted by molar-refractivity contribution is -0.131. The van der Waals surface area contributed by atoms with Crippen LogP contribution in [-0.2, 0) is 19.1 Å². The predicted molar refractivity (Wildman–Crippen MR) is 96.5 cm³/mol. The van der Waals surface area contributed by atoms with Crippen molar-refractivity contribution in [2.45, 2.75) is 25.3 Å². The third kappa shape index (κ3) is 4.42. The summed E-state index contributed by atoms with van der Waals surface area (Å²) in [6, 6.07) is 3.18. The number of halogens is 1. The standard InChI is InChI=1S/C18H23FN4O4/c19-13-8-12(4-5-15(13)23-6-7-27-10-16(23)24)21-18(26)14(9-20)22-17(25)11-2-1-3-11/h4-5,8,11,14H,1-3,6-7,9-10,20H2,(H,21,26)(H,22,25)/t14-/m0/s1. The van der Waals surface area contributed by atoms with E-state index in [-0.39, 0.29) is 48.8 Å². The first-order valence-corrected chi connectivity index (χ1v) is 8.98. The van der Waals surface area contributed by atoms with Crippen molar-refractivity contribution in [2.24, 2.45) is 11.7 Å². The Bertz CT molecular complexity index is 738. The van der Waals surface area contributed by atoms with Crippen molar-refractivity contribution in [1.29, 1.82) is 0 Å². The number of nitrogens with zero attached hydrogens (tertiary/aromatic N) is 1. The number of rotatable bonds is 6. The molecule has 27 heavy (non-hydrogen) atoms. The number of nitrogens with two attached hydrogens (primary N) is 1. The Kier molecular flexibility index (Phi) is 6.02. The van der Waals surface area contributed by atoms with Crippen LogP contribution in [0.15, 0.2) is 18.2 Å². The monoisotopic (exact) mass is 378 g/mol. The molecule has 1 aliphatic heterocycles. The van der Waals surface area contributed by atoms with Gasteiger partial charge < -0.3 is 26.0 Å². The number of hydrogen-bond donors (Lipinski definition) is 3. The number of amides is 3. The summed E-state index contributed by atoms with van der Waals surface area (Å²) in [6.07, 6.45) is 2.64. The highest BCUT2D eigenvalue weighted by molar-refractivity contribution is 5.98. The number of benzene rings is 1. The summed E-state index contributed by atoms with van der Waals surface area (Å²) in [5.41, 5.74) is 5.95. The molecule has 9 heteroatoms. The van der Waals surface area contributed by atoms with Gasteiger partial charge in [-0.2, -0.15) is 0 Å². The first kappa shape index (κ1) is 19.2. The zero-order chi connectivity index (χ0) is 19.4. The highest BCUT2D eigenvalue weighted by Gasteiger charge is 2.29. The van der Waals surface area contributed by atoms with E-state index in [0.717, 1.165) is 25.3 Å². The Hall–Kier alpha value is -2.52. The SMILES string of the molecule is NC[C@H](NC(=O)C1CCC1)C(=O)Nc1ccc(N2CCOCC2=O)c(F)c1. The van der Waals surface area contributed by atoms with Crippen LogP contribution in [0, 0.1) is 11.7 Å². The fraction of sp³-hybridized carbons (Fsp3) is 0.500. The molecule has 1 atom stereocenters. The average molecular weight is 378 g/mol. The fourth-order valence-electron chi connectivity index (χ4n) is 3.00. The normalized spacial score (nSPS) is 18.6. The van der Waals surface area contributed by atoms with Gasteiger partial charge in [0.05, 0.1) is 12.3 Å². The highest BCUT2D eigenvalue weighted by atomic mass is 19.1. The van der Waals surface area contributed by atoms with Crippen molar-refractivity contribution in [1.82, 2.24) is 5.32 Å². The van der Waals surface area contributed by atoms with Crippen LogP contribution in [0.3, 0.4) is 0 Å². The molecule has 0 unspecified atom stereocenters. The summed E-state index contributed by atoms with van der Waals surface area (Å²) in [5, 5.41) is 5.19. The molecule has 0 radical (unpaired) electrons. The molecule has 0 aromatic heterocycles. The molecule has 1 aliphatic carbocycles. The summed E-state index contributed by atoms with van der Waals surface area (Å²) in [7, 11) is 0. The van der Waals surface area contributed by atoms with E-state index in [1.165, 1.54) is 17.0 Å². The molecular weight excluding hydrogens is 355 g/mol. The first-order valence-electron chi connectivity index (χ1n) is 8.98. The lowest BCUT2D eigenvalue weighted by Gasteiger charge is -2.27. The van der Waals surface area contributed by atoms with Gasteiger partial charge in [0.15, 0.2) is 0 Å². The van der Waals surface area contributed by atoms with Gasteiger partial charge in [0.2, 0.25) is 11.8 Å². The van der Waals surface area contributed by atoms with Crippen molar-refractivity contribution in [3.05, 3.63) is 24.0 Å². The maximum Gasteiger partial charge on any atom is 0.253 e. The Morgan fingerprint density at radius 2 is 2.15 bits per heavy atom. The topological polar surface area (TPSA) is 114 Å². The van der Waals surface area contributed by atoms with E-state index >= 15 is 0 Å². The van der Waals surface area contributed by atoms with E-state index in [2.05, 4.69) is 10.6 Å². The zero-order valence-corrected chi connectivity index (χ0v) is 14.9. The molecule has 146 valence electrons. The molecule has 2 fully saturated rings. The van der Waals surface area contributed by atoms with Gasteiger partial charge in [0.1, 0.15) is 18.5 Å². The Morgan fingerprint density at radius 3 is 2.74 bits per heavy atom. The molecule has 0 spiro atoms.